The lowest BCUT2D eigenvalue weighted by Crippen LogP contribution is -2.18. The number of sulfonamides is 1. The summed E-state index contributed by atoms with van der Waals surface area (Å²) < 4.78 is 112. The van der Waals surface area contributed by atoms with Crippen LogP contribution in [-0.4, -0.2) is 31.2 Å². The number of alkyl halides is 6. The summed E-state index contributed by atoms with van der Waals surface area (Å²) in [7, 11) is -2.10. The maximum atomic E-state index is 13.1. The molecule has 1 aromatic heterocycles. The monoisotopic (exact) mass is 522 g/mol. The summed E-state index contributed by atoms with van der Waals surface area (Å²) in [5.41, 5.74) is -4.05. The van der Waals surface area contributed by atoms with Crippen LogP contribution in [0, 0.1) is 0 Å². The largest absolute Gasteiger partial charge is 0.495 e. The number of rotatable bonds is 6. The number of amides is 1. The van der Waals surface area contributed by atoms with Crippen LogP contribution in [0.3, 0.4) is 0 Å². The number of nitrogens with one attached hydrogen (secondary N) is 2. The zero-order valence-corrected chi connectivity index (χ0v) is 18.6. The van der Waals surface area contributed by atoms with E-state index in [-0.39, 0.29) is 35.3 Å². The molecule has 1 heterocycles. The lowest BCUT2D eigenvalue weighted by atomic mass is 10.1. The fraction of sp³-hybridized carbons (Fsp3) is 0.200. The quantitative estimate of drug-likeness (QED) is 0.464. The number of hydrogen-bond acceptors (Lipinski definition) is 5. The molecule has 2 N–H and O–H groups in total. The van der Waals surface area contributed by atoms with E-state index in [1.165, 1.54) is 30.1 Å². The Bertz CT molecular complexity index is 1330. The molecule has 3 rings (SSSR count). The number of carbonyl (C=O) groups excluding carboxylic acids is 1. The van der Waals surface area contributed by atoms with Gasteiger partial charge in [0.1, 0.15) is 16.3 Å². The Morgan fingerprint density at radius 2 is 1.54 bits per heavy atom. The Kier molecular flexibility index (Phi) is 6.75. The lowest BCUT2D eigenvalue weighted by molar-refractivity contribution is -0.143. The normalized spacial score (nSPS) is 12.3. The average molecular weight is 522 g/mol. The number of anilines is 2. The van der Waals surface area contributed by atoms with Crippen molar-refractivity contribution in [3.8, 4) is 5.75 Å². The SMILES string of the molecule is COc1cc(NC(=O)c2ccnn2C)ccc1S(=O)(=O)Nc1cc(C(F)(F)F)cc(C(F)(F)F)c1. The second-order valence-corrected chi connectivity index (χ2v) is 8.71. The predicted molar refractivity (Wildman–Crippen MR) is 111 cm³/mol. The summed E-state index contributed by atoms with van der Waals surface area (Å²) >= 11 is 0. The van der Waals surface area contributed by atoms with Crippen molar-refractivity contribution in [2.75, 3.05) is 17.1 Å². The van der Waals surface area contributed by atoms with E-state index in [2.05, 4.69) is 10.4 Å². The maximum absolute atomic E-state index is 13.1. The van der Waals surface area contributed by atoms with Crippen molar-refractivity contribution >= 4 is 27.3 Å². The highest BCUT2D eigenvalue weighted by atomic mass is 32.2. The lowest BCUT2D eigenvalue weighted by Gasteiger charge is -2.17. The molecule has 0 spiro atoms. The Hall–Kier alpha value is -3.75. The second-order valence-electron chi connectivity index (χ2n) is 7.06. The van der Waals surface area contributed by atoms with Gasteiger partial charge in [-0.3, -0.25) is 14.2 Å². The first-order valence-electron chi connectivity index (χ1n) is 9.41. The van der Waals surface area contributed by atoms with E-state index in [0.29, 0.717) is 0 Å². The Balaban J connectivity index is 1.95. The average Bonchev–Trinajstić information content (AvgIpc) is 3.17. The van der Waals surface area contributed by atoms with Gasteiger partial charge in [-0.2, -0.15) is 31.4 Å². The molecule has 8 nitrogen and oxygen atoms in total. The Morgan fingerprint density at radius 3 is 2.03 bits per heavy atom. The molecule has 0 bridgehead atoms. The first-order chi connectivity index (χ1) is 16.1. The zero-order chi connectivity index (χ0) is 26.2. The molecule has 2 aromatic carbocycles. The van der Waals surface area contributed by atoms with E-state index >= 15 is 0 Å². The summed E-state index contributed by atoms with van der Waals surface area (Å²) in [4.78, 5) is 11.7. The van der Waals surface area contributed by atoms with E-state index in [1.807, 2.05) is 0 Å². The molecule has 0 aliphatic carbocycles. The summed E-state index contributed by atoms with van der Waals surface area (Å²) in [5.74, 6) is -0.909. The van der Waals surface area contributed by atoms with Crippen LogP contribution in [0.4, 0.5) is 37.7 Å². The minimum absolute atomic E-state index is 0.102. The topological polar surface area (TPSA) is 102 Å². The third kappa shape index (κ3) is 5.85. The van der Waals surface area contributed by atoms with E-state index in [1.54, 1.807) is 4.72 Å². The van der Waals surface area contributed by atoms with Gasteiger partial charge in [0, 0.05) is 25.0 Å². The molecule has 1 amide bonds. The summed E-state index contributed by atoms with van der Waals surface area (Å²) in [5, 5.41) is 6.34. The van der Waals surface area contributed by atoms with Crippen LogP contribution in [-0.2, 0) is 29.4 Å². The molecule has 0 aliphatic heterocycles. The number of nitrogens with zero attached hydrogens (tertiary/aromatic N) is 2. The van der Waals surface area contributed by atoms with Crippen molar-refractivity contribution in [1.82, 2.24) is 9.78 Å². The molecule has 0 unspecified atom stereocenters. The maximum Gasteiger partial charge on any atom is 0.416 e. The van der Waals surface area contributed by atoms with Crippen molar-refractivity contribution < 1.29 is 44.3 Å². The molecular weight excluding hydrogens is 506 g/mol. The minimum Gasteiger partial charge on any atom is -0.495 e. The van der Waals surface area contributed by atoms with E-state index in [9.17, 15) is 39.6 Å². The fourth-order valence-electron chi connectivity index (χ4n) is 2.98. The van der Waals surface area contributed by atoms with Crippen molar-refractivity contribution in [3.05, 3.63) is 65.5 Å². The van der Waals surface area contributed by atoms with Crippen LogP contribution in [0.25, 0.3) is 0 Å². The summed E-state index contributed by atoms with van der Waals surface area (Å²) in [6, 6.07) is 5.04. The number of aromatic nitrogens is 2. The molecule has 0 radical (unpaired) electrons. The number of carbonyl (C=O) groups is 1. The molecule has 188 valence electrons. The molecule has 3 aromatic rings. The van der Waals surface area contributed by atoms with Crippen LogP contribution in [0.5, 0.6) is 5.75 Å². The fourth-order valence-corrected chi connectivity index (χ4v) is 4.18. The highest BCUT2D eigenvalue weighted by Crippen LogP contribution is 2.38. The van der Waals surface area contributed by atoms with E-state index < -0.39 is 50.0 Å². The van der Waals surface area contributed by atoms with Gasteiger partial charge < -0.3 is 10.1 Å². The Labute approximate surface area is 194 Å². The highest BCUT2D eigenvalue weighted by Gasteiger charge is 2.37. The second kappa shape index (κ2) is 9.13. The number of hydrogen-bond donors (Lipinski definition) is 2. The smallest absolute Gasteiger partial charge is 0.416 e. The van der Waals surface area contributed by atoms with Gasteiger partial charge in [0.05, 0.1) is 23.9 Å². The molecule has 0 atom stereocenters. The van der Waals surface area contributed by atoms with Gasteiger partial charge in [0.15, 0.2) is 0 Å². The van der Waals surface area contributed by atoms with Gasteiger partial charge in [0.2, 0.25) is 0 Å². The minimum atomic E-state index is -5.16. The van der Waals surface area contributed by atoms with Crippen LogP contribution < -0.4 is 14.8 Å². The molecule has 0 saturated heterocycles. The van der Waals surface area contributed by atoms with Crippen LogP contribution in [0.1, 0.15) is 21.6 Å². The standard InChI is InChI=1S/C20H16F6N4O4S/c1-30-15(5-6-27-30)18(31)28-13-3-4-17(16(10-13)34-2)35(32,33)29-14-8-11(19(21,22)23)7-12(9-14)20(24,25)26/h3-10,29H,1-2H3,(H,28,31). The number of ether oxygens (including phenoxy) is 1. The first kappa shape index (κ1) is 25.9. The number of methoxy groups -OCH3 is 1. The molecular formula is C20H16F6N4O4S. The van der Waals surface area contributed by atoms with E-state index in [0.717, 1.165) is 19.2 Å². The van der Waals surface area contributed by atoms with Crippen molar-refractivity contribution in [2.45, 2.75) is 17.2 Å². The molecule has 0 saturated carbocycles. The van der Waals surface area contributed by atoms with Gasteiger partial charge in [0.25, 0.3) is 15.9 Å². The Morgan fingerprint density at radius 1 is 0.943 bits per heavy atom. The van der Waals surface area contributed by atoms with Crippen molar-refractivity contribution in [1.29, 1.82) is 0 Å². The zero-order valence-electron chi connectivity index (χ0n) is 17.8. The first-order valence-corrected chi connectivity index (χ1v) is 10.9. The van der Waals surface area contributed by atoms with Gasteiger partial charge in [-0.1, -0.05) is 0 Å². The van der Waals surface area contributed by atoms with Crippen molar-refractivity contribution in [3.63, 3.8) is 0 Å². The highest BCUT2D eigenvalue weighted by molar-refractivity contribution is 7.92. The van der Waals surface area contributed by atoms with Gasteiger partial charge in [-0.25, -0.2) is 8.42 Å². The van der Waals surface area contributed by atoms with Crippen LogP contribution >= 0.6 is 0 Å². The van der Waals surface area contributed by atoms with Gasteiger partial charge in [-0.15, -0.1) is 0 Å². The third-order valence-corrected chi connectivity index (χ3v) is 6.03. The van der Waals surface area contributed by atoms with Gasteiger partial charge >= 0.3 is 12.4 Å². The molecule has 0 fully saturated rings. The van der Waals surface area contributed by atoms with Crippen LogP contribution in [0.15, 0.2) is 53.6 Å². The number of aryl methyl sites for hydroxylation is 1. The summed E-state index contributed by atoms with van der Waals surface area (Å²) in [6.07, 6.45) is -8.94. The predicted octanol–water partition coefficient (Wildman–Crippen LogP) is 4.52. The number of halogens is 6. The molecule has 35 heavy (non-hydrogen) atoms. The van der Waals surface area contributed by atoms with Crippen molar-refractivity contribution in [2.24, 2.45) is 7.05 Å². The number of benzene rings is 2. The molecule has 0 aliphatic rings. The van der Waals surface area contributed by atoms with Crippen LogP contribution in [0.2, 0.25) is 0 Å². The third-order valence-electron chi connectivity index (χ3n) is 4.60. The van der Waals surface area contributed by atoms with Gasteiger partial charge in [-0.05, 0) is 36.4 Å². The van der Waals surface area contributed by atoms with E-state index in [4.69, 9.17) is 4.74 Å². The molecule has 15 heteroatoms. The summed E-state index contributed by atoms with van der Waals surface area (Å²) in [6.45, 7) is 0.